The lowest BCUT2D eigenvalue weighted by atomic mass is 9.98. The molecule has 0 aliphatic heterocycles. The molecule has 0 bridgehead atoms. The molecule has 0 radical (unpaired) electrons. The van der Waals surface area contributed by atoms with Crippen molar-refractivity contribution in [2.75, 3.05) is 24.6 Å². The van der Waals surface area contributed by atoms with Crippen LogP contribution in [0, 0.1) is 13.8 Å². The van der Waals surface area contributed by atoms with Crippen LogP contribution in [-0.2, 0) is 20.0 Å². The number of hydrogen-bond acceptors (Lipinski definition) is 5. The predicted octanol–water partition coefficient (Wildman–Crippen LogP) is 5.91. The second-order valence-electron chi connectivity index (χ2n) is 10.0. The topological polar surface area (TPSA) is 74.0 Å². The first-order valence-electron chi connectivity index (χ1n) is 13.7. The number of aromatic nitrogens is 2. The summed E-state index contributed by atoms with van der Waals surface area (Å²) >= 11 is 2.01. The molecule has 7 heteroatoms. The van der Waals surface area contributed by atoms with Crippen LogP contribution in [0.1, 0.15) is 34.2 Å². The van der Waals surface area contributed by atoms with E-state index in [4.69, 9.17) is 0 Å². The van der Waals surface area contributed by atoms with E-state index < -0.39 is 0 Å². The average molecular weight is 556 g/mol. The van der Waals surface area contributed by atoms with E-state index in [1.807, 2.05) is 63.0 Å². The van der Waals surface area contributed by atoms with Gasteiger partial charge in [0.25, 0.3) is 0 Å². The van der Waals surface area contributed by atoms with Crippen molar-refractivity contribution in [2.45, 2.75) is 33.2 Å². The van der Waals surface area contributed by atoms with Crippen LogP contribution >= 0.6 is 11.8 Å². The second-order valence-corrected chi connectivity index (χ2v) is 11.3. The number of phenolic OH excluding ortho intramolecular Hbond substituents is 2. The molecule has 6 nitrogen and oxygen atoms in total. The number of aryl methyl sites for hydroxylation is 5. The lowest BCUT2D eigenvalue weighted by Gasteiger charge is -2.09. The number of nitrogens with zero attached hydrogens (tertiary/aromatic N) is 4. The van der Waals surface area contributed by atoms with Gasteiger partial charge >= 0.3 is 0 Å². The minimum absolute atomic E-state index is 0.250. The van der Waals surface area contributed by atoms with Crippen LogP contribution in [0.5, 0.6) is 11.5 Å². The van der Waals surface area contributed by atoms with E-state index in [-0.39, 0.29) is 11.5 Å². The fourth-order valence-electron chi connectivity index (χ4n) is 4.44. The zero-order valence-electron chi connectivity index (χ0n) is 23.6. The van der Waals surface area contributed by atoms with E-state index in [1.165, 1.54) is 17.7 Å². The number of imidazole rings is 1. The molecule has 0 amide bonds. The summed E-state index contributed by atoms with van der Waals surface area (Å²) in [6, 6.07) is 18.3. The maximum atomic E-state index is 10.6. The summed E-state index contributed by atoms with van der Waals surface area (Å²) in [6.45, 7) is 5.83. The van der Waals surface area contributed by atoms with E-state index >= 15 is 0 Å². The Bertz CT molecular complexity index is 1460. The lowest BCUT2D eigenvalue weighted by Crippen LogP contribution is -2.23. The highest BCUT2D eigenvalue weighted by Crippen LogP contribution is 2.29. The maximum Gasteiger partial charge on any atom is 0.243 e. The van der Waals surface area contributed by atoms with Crippen LogP contribution in [0.3, 0.4) is 0 Å². The van der Waals surface area contributed by atoms with E-state index in [0.717, 1.165) is 41.0 Å². The van der Waals surface area contributed by atoms with E-state index in [1.54, 1.807) is 12.4 Å². The van der Waals surface area contributed by atoms with Crippen molar-refractivity contribution in [3.63, 3.8) is 0 Å². The summed E-state index contributed by atoms with van der Waals surface area (Å²) in [6.07, 6.45) is 11.9. The summed E-state index contributed by atoms with van der Waals surface area (Å²) in [5.41, 5.74) is 6.56. The van der Waals surface area contributed by atoms with Gasteiger partial charge in [0.05, 0.1) is 26.7 Å². The van der Waals surface area contributed by atoms with Crippen LogP contribution in [0.2, 0.25) is 0 Å². The number of para-hydroxylation sites is 1. The van der Waals surface area contributed by atoms with Crippen molar-refractivity contribution >= 4 is 24.2 Å². The first-order chi connectivity index (χ1) is 19.4. The van der Waals surface area contributed by atoms with Gasteiger partial charge in [-0.1, -0.05) is 36.4 Å². The molecule has 208 valence electrons. The highest BCUT2D eigenvalue weighted by Gasteiger charge is 2.08. The first kappa shape index (κ1) is 29.2. The molecule has 0 fully saturated rings. The number of thioether (sulfide) groups is 1. The van der Waals surface area contributed by atoms with Crippen LogP contribution in [0.15, 0.2) is 83.3 Å². The van der Waals surface area contributed by atoms with Crippen molar-refractivity contribution in [3.8, 4) is 22.6 Å². The van der Waals surface area contributed by atoms with Crippen molar-refractivity contribution in [1.29, 1.82) is 0 Å². The summed E-state index contributed by atoms with van der Waals surface area (Å²) in [5.74, 6) is 2.79. The van der Waals surface area contributed by atoms with Gasteiger partial charge in [-0.3, -0.25) is 9.98 Å². The van der Waals surface area contributed by atoms with Crippen LogP contribution in [0.25, 0.3) is 11.1 Å². The third-order valence-electron chi connectivity index (χ3n) is 6.77. The zero-order valence-corrected chi connectivity index (χ0v) is 24.4. The summed E-state index contributed by atoms with van der Waals surface area (Å²) in [7, 11) is 2.05. The van der Waals surface area contributed by atoms with Crippen LogP contribution < -0.4 is 4.57 Å². The molecule has 1 aromatic heterocycles. The van der Waals surface area contributed by atoms with Gasteiger partial charge in [-0.15, -0.1) is 0 Å². The number of phenols is 2. The van der Waals surface area contributed by atoms with Gasteiger partial charge in [-0.2, -0.15) is 11.8 Å². The maximum absolute atomic E-state index is 10.6. The van der Waals surface area contributed by atoms with Gasteiger partial charge in [-0.25, -0.2) is 9.13 Å². The minimum Gasteiger partial charge on any atom is -0.507 e. The smallest absolute Gasteiger partial charge is 0.243 e. The molecule has 40 heavy (non-hydrogen) atoms. The standard InChI is InChI=1S/C33H38N4O2S/c1-25-6-4-7-29(32(25)38)22-34-13-14-35-23-31-21-30(20-26(2)33(31)39)28-10-8-27(9-11-28)12-19-40-18-5-15-37-17-16-36(3)24-37/h4,6-11,16-17,20-24H,5,12-15,18-19H2,1-3H3,(H-,34,35,38,39)/p+1. The molecule has 0 saturated carbocycles. The van der Waals surface area contributed by atoms with Gasteiger partial charge in [0.15, 0.2) is 0 Å². The summed E-state index contributed by atoms with van der Waals surface area (Å²) in [5, 5.41) is 20.7. The van der Waals surface area contributed by atoms with Gasteiger partial charge < -0.3 is 10.2 Å². The predicted molar refractivity (Wildman–Crippen MR) is 167 cm³/mol. The molecule has 4 aromatic rings. The third-order valence-corrected chi connectivity index (χ3v) is 7.84. The van der Waals surface area contributed by atoms with E-state index in [9.17, 15) is 10.2 Å². The monoisotopic (exact) mass is 555 g/mol. The Morgan fingerprint density at radius 1 is 0.850 bits per heavy atom. The fourth-order valence-corrected chi connectivity index (χ4v) is 5.36. The number of rotatable bonds is 13. The molecule has 0 atom stereocenters. The quantitative estimate of drug-likeness (QED) is 0.122. The summed E-state index contributed by atoms with van der Waals surface area (Å²) < 4.78 is 4.31. The highest BCUT2D eigenvalue weighted by molar-refractivity contribution is 7.99. The van der Waals surface area contributed by atoms with Crippen LogP contribution in [-0.4, -0.2) is 51.8 Å². The lowest BCUT2D eigenvalue weighted by molar-refractivity contribution is -0.671. The van der Waals surface area contributed by atoms with E-state index in [2.05, 4.69) is 62.1 Å². The largest absolute Gasteiger partial charge is 0.507 e. The van der Waals surface area contributed by atoms with Crippen molar-refractivity contribution in [2.24, 2.45) is 17.0 Å². The Hall–Kier alpha value is -3.84. The van der Waals surface area contributed by atoms with Gasteiger partial charge in [0, 0.05) is 23.6 Å². The molecule has 0 saturated heterocycles. The Balaban J connectivity index is 1.26. The molecular weight excluding hydrogens is 516 g/mol. The van der Waals surface area contributed by atoms with Crippen LogP contribution in [0.4, 0.5) is 0 Å². The van der Waals surface area contributed by atoms with E-state index in [0.29, 0.717) is 24.2 Å². The minimum atomic E-state index is 0.250. The Morgan fingerprint density at radius 3 is 2.30 bits per heavy atom. The van der Waals surface area contributed by atoms with Gasteiger partial charge in [0.2, 0.25) is 6.33 Å². The normalized spacial score (nSPS) is 11.7. The first-order valence-corrected chi connectivity index (χ1v) is 14.9. The second kappa shape index (κ2) is 14.5. The number of benzene rings is 3. The number of aromatic hydroxyl groups is 2. The van der Waals surface area contributed by atoms with Gasteiger partial charge in [-0.05, 0) is 84.2 Å². The molecule has 0 spiro atoms. The van der Waals surface area contributed by atoms with Crippen molar-refractivity contribution in [1.82, 2.24) is 4.57 Å². The Kier molecular flexibility index (Phi) is 10.6. The fraction of sp³-hybridized carbons (Fsp3) is 0.303. The molecule has 2 N–H and O–H groups in total. The third kappa shape index (κ3) is 8.33. The highest BCUT2D eigenvalue weighted by atomic mass is 32.2. The number of hydrogen-bond donors (Lipinski definition) is 2. The molecule has 0 aliphatic rings. The zero-order chi connectivity index (χ0) is 28.3. The molecule has 0 aliphatic carbocycles. The molecular formula is C33H39N4O2S+. The molecule has 4 rings (SSSR count). The molecule has 1 heterocycles. The molecule has 3 aromatic carbocycles. The Morgan fingerprint density at radius 2 is 1.57 bits per heavy atom. The SMILES string of the molecule is Cc1cccc(C=NCCN=Cc2cc(-c3ccc(CCSCCCn4cc[n+](C)c4)cc3)cc(C)c2O)c1O. The molecule has 0 unspecified atom stereocenters. The van der Waals surface area contributed by atoms with Crippen molar-refractivity contribution in [3.05, 3.63) is 101 Å². The van der Waals surface area contributed by atoms with Gasteiger partial charge in [0.1, 0.15) is 23.9 Å². The number of aliphatic imine (C=N–C) groups is 2. The summed E-state index contributed by atoms with van der Waals surface area (Å²) in [4.78, 5) is 8.84. The average Bonchev–Trinajstić information content (AvgIpc) is 3.37. The van der Waals surface area contributed by atoms with Crippen molar-refractivity contribution < 1.29 is 14.8 Å². The Labute approximate surface area is 241 Å².